The van der Waals surface area contributed by atoms with E-state index in [1.165, 1.54) is 48.8 Å². The van der Waals surface area contributed by atoms with Crippen molar-refractivity contribution < 1.29 is 4.74 Å². The number of likely N-dealkylation sites (tertiary alicyclic amines) is 1. The third-order valence-electron chi connectivity index (χ3n) is 5.30. The molecule has 2 heterocycles. The third-order valence-corrected chi connectivity index (χ3v) is 5.30. The van der Waals surface area contributed by atoms with Gasteiger partial charge in [0.1, 0.15) is 11.6 Å². The average Bonchev–Trinajstić information content (AvgIpc) is 3.25. The number of fused-ring (bicyclic) bond motifs is 1. The summed E-state index contributed by atoms with van der Waals surface area (Å²) in [6, 6.07) is 4.66. The molecule has 4 heteroatoms. The summed E-state index contributed by atoms with van der Waals surface area (Å²) >= 11 is 0. The SMILES string of the molecule is COc1cc2c(cc1CN1CCCC(c3ncc[nH]3)C1)CCC2. The van der Waals surface area contributed by atoms with Gasteiger partial charge in [-0.1, -0.05) is 6.07 Å². The van der Waals surface area contributed by atoms with Crippen LogP contribution in [0.2, 0.25) is 0 Å². The molecule has 1 aliphatic heterocycles. The Labute approximate surface area is 137 Å². The van der Waals surface area contributed by atoms with E-state index in [2.05, 4.69) is 27.0 Å². The van der Waals surface area contributed by atoms with E-state index in [0.717, 1.165) is 31.2 Å². The normalized spacial score (nSPS) is 21.3. The molecule has 0 saturated carbocycles. The first kappa shape index (κ1) is 14.8. The van der Waals surface area contributed by atoms with Gasteiger partial charge in [-0.15, -0.1) is 0 Å². The first-order valence-electron chi connectivity index (χ1n) is 8.74. The van der Waals surface area contributed by atoms with E-state index in [9.17, 15) is 0 Å². The number of ether oxygens (including phenoxy) is 1. The minimum atomic E-state index is 0.527. The summed E-state index contributed by atoms with van der Waals surface area (Å²) in [6.07, 6.45) is 9.96. The Bertz CT molecular complexity index is 666. The lowest BCUT2D eigenvalue weighted by molar-refractivity contribution is 0.195. The zero-order valence-corrected chi connectivity index (χ0v) is 13.8. The summed E-state index contributed by atoms with van der Waals surface area (Å²) in [5, 5.41) is 0. The topological polar surface area (TPSA) is 41.1 Å². The van der Waals surface area contributed by atoms with Gasteiger partial charge in [0, 0.05) is 37.0 Å². The van der Waals surface area contributed by atoms with E-state index < -0.39 is 0 Å². The first-order chi connectivity index (χ1) is 11.3. The molecule has 1 unspecified atom stereocenters. The van der Waals surface area contributed by atoms with E-state index in [4.69, 9.17) is 4.74 Å². The molecule has 0 spiro atoms. The second kappa shape index (κ2) is 6.36. The fraction of sp³-hybridized carbons (Fsp3) is 0.526. The van der Waals surface area contributed by atoms with Crippen molar-refractivity contribution in [3.8, 4) is 5.75 Å². The number of methoxy groups -OCH3 is 1. The maximum atomic E-state index is 5.67. The number of nitrogens with zero attached hydrogens (tertiary/aromatic N) is 2. The Hall–Kier alpha value is -1.81. The molecule has 4 rings (SSSR count). The summed E-state index contributed by atoms with van der Waals surface area (Å²) < 4.78 is 5.67. The molecule has 0 radical (unpaired) electrons. The number of piperidine rings is 1. The van der Waals surface area contributed by atoms with Crippen LogP contribution in [0.3, 0.4) is 0 Å². The second-order valence-electron chi connectivity index (χ2n) is 6.84. The number of imidazole rings is 1. The molecule has 1 aliphatic carbocycles. The molecular formula is C19H25N3O. The van der Waals surface area contributed by atoms with Gasteiger partial charge in [0.15, 0.2) is 0 Å². The van der Waals surface area contributed by atoms with Crippen LogP contribution in [0.4, 0.5) is 0 Å². The van der Waals surface area contributed by atoms with Crippen LogP contribution in [-0.2, 0) is 19.4 Å². The maximum absolute atomic E-state index is 5.67. The van der Waals surface area contributed by atoms with Crippen LogP contribution in [0.1, 0.15) is 47.7 Å². The smallest absolute Gasteiger partial charge is 0.123 e. The van der Waals surface area contributed by atoms with Crippen LogP contribution in [-0.4, -0.2) is 35.1 Å². The van der Waals surface area contributed by atoms with Crippen LogP contribution < -0.4 is 4.74 Å². The van der Waals surface area contributed by atoms with E-state index >= 15 is 0 Å². The van der Waals surface area contributed by atoms with Crippen LogP contribution in [0.5, 0.6) is 5.75 Å². The number of aromatic amines is 1. The number of nitrogens with one attached hydrogen (secondary N) is 1. The predicted molar refractivity (Wildman–Crippen MR) is 90.9 cm³/mol. The van der Waals surface area contributed by atoms with Crippen molar-refractivity contribution in [3.05, 3.63) is 47.0 Å². The van der Waals surface area contributed by atoms with Gasteiger partial charge < -0.3 is 9.72 Å². The molecule has 0 amide bonds. The highest BCUT2D eigenvalue weighted by Gasteiger charge is 2.24. The predicted octanol–water partition coefficient (Wildman–Crippen LogP) is 3.29. The van der Waals surface area contributed by atoms with Crippen LogP contribution in [0, 0.1) is 0 Å². The number of hydrogen-bond donors (Lipinski definition) is 1. The lowest BCUT2D eigenvalue weighted by Gasteiger charge is -2.32. The van der Waals surface area contributed by atoms with Crippen molar-refractivity contribution in [3.63, 3.8) is 0 Å². The number of aryl methyl sites for hydroxylation is 2. The largest absolute Gasteiger partial charge is 0.496 e. The van der Waals surface area contributed by atoms with Gasteiger partial charge >= 0.3 is 0 Å². The Kier molecular flexibility index (Phi) is 4.08. The van der Waals surface area contributed by atoms with Crippen LogP contribution >= 0.6 is 0 Å². The van der Waals surface area contributed by atoms with Crippen LogP contribution in [0.25, 0.3) is 0 Å². The number of aromatic nitrogens is 2. The molecule has 0 bridgehead atoms. The highest BCUT2D eigenvalue weighted by molar-refractivity contribution is 5.44. The standard InChI is InChI=1S/C19H25N3O/c1-23-18-11-15-5-2-4-14(15)10-17(18)13-22-9-3-6-16(12-22)19-20-7-8-21-19/h7-8,10-11,16H,2-6,9,12-13H2,1H3,(H,20,21). The van der Waals surface area contributed by atoms with E-state index in [-0.39, 0.29) is 0 Å². The molecule has 1 saturated heterocycles. The van der Waals surface area contributed by atoms with Gasteiger partial charge in [-0.25, -0.2) is 4.98 Å². The quantitative estimate of drug-likeness (QED) is 0.942. The molecule has 23 heavy (non-hydrogen) atoms. The third kappa shape index (κ3) is 3.00. The van der Waals surface area contributed by atoms with Crippen molar-refractivity contribution in [1.29, 1.82) is 0 Å². The lowest BCUT2D eigenvalue weighted by Crippen LogP contribution is -2.34. The summed E-state index contributed by atoms with van der Waals surface area (Å²) in [5.41, 5.74) is 4.35. The summed E-state index contributed by atoms with van der Waals surface area (Å²) in [4.78, 5) is 10.3. The Balaban J connectivity index is 1.51. The zero-order valence-electron chi connectivity index (χ0n) is 13.8. The minimum absolute atomic E-state index is 0.527. The van der Waals surface area contributed by atoms with Gasteiger partial charge in [0.05, 0.1) is 7.11 Å². The molecule has 1 atom stereocenters. The number of benzene rings is 1. The zero-order chi connectivity index (χ0) is 15.6. The molecule has 122 valence electrons. The highest BCUT2D eigenvalue weighted by atomic mass is 16.5. The lowest BCUT2D eigenvalue weighted by atomic mass is 9.96. The van der Waals surface area contributed by atoms with Crippen molar-refractivity contribution in [2.75, 3.05) is 20.2 Å². The van der Waals surface area contributed by atoms with Gasteiger partial charge in [-0.2, -0.15) is 0 Å². The average molecular weight is 311 g/mol. The van der Waals surface area contributed by atoms with E-state index in [0.29, 0.717) is 5.92 Å². The molecule has 2 aliphatic rings. The summed E-state index contributed by atoms with van der Waals surface area (Å²) in [5.74, 6) is 2.72. The van der Waals surface area contributed by atoms with E-state index in [1.54, 1.807) is 7.11 Å². The van der Waals surface area contributed by atoms with Crippen molar-refractivity contribution in [2.24, 2.45) is 0 Å². The number of rotatable bonds is 4. The fourth-order valence-corrected chi connectivity index (χ4v) is 4.13. The molecule has 1 aromatic heterocycles. The molecule has 1 N–H and O–H groups in total. The molecular weight excluding hydrogens is 286 g/mol. The van der Waals surface area contributed by atoms with Gasteiger partial charge in [0.2, 0.25) is 0 Å². The summed E-state index contributed by atoms with van der Waals surface area (Å²) in [7, 11) is 1.79. The fourth-order valence-electron chi connectivity index (χ4n) is 4.13. The van der Waals surface area contributed by atoms with Crippen LogP contribution in [0.15, 0.2) is 24.5 Å². The molecule has 4 nitrogen and oxygen atoms in total. The first-order valence-corrected chi connectivity index (χ1v) is 8.74. The summed E-state index contributed by atoms with van der Waals surface area (Å²) in [6.45, 7) is 3.22. The van der Waals surface area contributed by atoms with Crippen molar-refractivity contribution >= 4 is 0 Å². The Morgan fingerprint density at radius 3 is 2.91 bits per heavy atom. The van der Waals surface area contributed by atoms with Gasteiger partial charge in [-0.05, 0) is 55.8 Å². The molecule has 1 fully saturated rings. The van der Waals surface area contributed by atoms with Gasteiger partial charge in [0.25, 0.3) is 0 Å². The molecule has 1 aromatic carbocycles. The van der Waals surface area contributed by atoms with E-state index in [1.807, 2.05) is 12.4 Å². The Morgan fingerprint density at radius 2 is 2.13 bits per heavy atom. The monoisotopic (exact) mass is 311 g/mol. The van der Waals surface area contributed by atoms with Crippen molar-refractivity contribution in [2.45, 2.75) is 44.6 Å². The number of hydrogen-bond acceptors (Lipinski definition) is 3. The number of H-pyrrole nitrogens is 1. The highest BCUT2D eigenvalue weighted by Crippen LogP contribution is 2.32. The van der Waals surface area contributed by atoms with Gasteiger partial charge in [-0.3, -0.25) is 4.90 Å². The molecule has 2 aromatic rings. The Morgan fingerprint density at radius 1 is 1.26 bits per heavy atom. The maximum Gasteiger partial charge on any atom is 0.123 e. The minimum Gasteiger partial charge on any atom is -0.496 e. The second-order valence-corrected chi connectivity index (χ2v) is 6.84. The van der Waals surface area contributed by atoms with Crippen molar-refractivity contribution in [1.82, 2.24) is 14.9 Å².